The number of ketones is 1. The normalized spacial score (nSPS) is 19.6. The molecule has 1 aromatic heterocycles. The number of Topliss-reactive ketones (excluding diaryl/α,β-unsaturated/α-hetero) is 1. The Bertz CT molecular complexity index is 1630. The fourth-order valence-corrected chi connectivity index (χ4v) is 7.01. The van der Waals surface area contributed by atoms with Crippen LogP contribution in [-0.2, 0) is 16.1 Å². The molecular formula is C34H37N5O3. The van der Waals surface area contributed by atoms with E-state index in [-0.39, 0.29) is 23.3 Å². The van der Waals surface area contributed by atoms with E-state index in [2.05, 4.69) is 26.9 Å². The molecule has 0 radical (unpaired) electrons. The first-order valence-electron chi connectivity index (χ1n) is 15.2. The predicted molar refractivity (Wildman–Crippen MR) is 163 cm³/mol. The topological polar surface area (TPSA) is 81.7 Å². The number of nitrogens with zero attached hydrogens (tertiary/aromatic N) is 4. The van der Waals surface area contributed by atoms with Crippen molar-refractivity contribution in [3.63, 3.8) is 0 Å². The molecule has 0 bridgehead atoms. The SMILES string of the molecule is O=C(C1CC1)[C@@H](c1ccccc1)N1CN(c2ccccc2)C2(CCN(CCCn3c(=O)[nH]c4ccccc43)CC2)C1=O. The fraction of sp³-hybridized carbons (Fsp3) is 0.382. The molecule has 1 amide bonds. The largest absolute Gasteiger partial charge is 0.339 e. The number of imidazole rings is 1. The number of nitrogens with one attached hydrogen (secondary N) is 1. The smallest absolute Gasteiger partial charge is 0.326 e. The molecule has 216 valence electrons. The number of carbonyl (C=O) groups is 2. The molecular weight excluding hydrogens is 526 g/mol. The molecule has 2 saturated heterocycles. The molecule has 3 fully saturated rings. The van der Waals surface area contributed by atoms with Crippen LogP contribution in [0.5, 0.6) is 0 Å². The van der Waals surface area contributed by atoms with Gasteiger partial charge in [0.2, 0.25) is 0 Å². The highest BCUT2D eigenvalue weighted by Gasteiger charge is 2.56. The number of benzene rings is 3. The van der Waals surface area contributed by atoms with Crippen molar-refractivity contribution in [2.24, 2.45) is 5.92 Å². The maximum Gasteiger partial charge on any atom is 0.326 e. The van der Waals surface area contributed by atoms with Crippen LogP contribution in [0.2, 0.25) is 0 Å². The first-order chi connectivity index (χ1) is 20.5. The molecule has 3 heterocycles. The Balaban J connectivity index is 1.10. The van der Waals surface area contributed by atoms with Crippen molar-refractivity contribution < 1.29 is 9.59 Å². The molecule has 8 heteroatoms. The first kappa shape index (κ1) is 26.7. The average Bonchev–Trinajstić information content (AvgIpc) is 3.79. The Kier molecular flexibility index (Phi) is 6.94. The number of piperidine rings is 1. The quantitative estimate of drug-likeness (QED) is 0.323. The van der Waals surface area contributed by atoms with Gasteiger partial charge in [0.15, 0.2) is 5.78 Å². The maximum absolute atomic E-state index is 14.5. The van der Waals surface area contributed by atoms with E-state index >= 15 is 0 Å². The molecule has 1 atom stereocenters. The van der Waals surface area contributed by atoms with Gasteiger partial charge >= 0.3 is 5.69 Å². The first-order valence-corrected chi connectivity index (χ1v) is 15.2. The number of H-pyrrole nitrogens is 1. The molecule has 0 unspecified atom stereocenters. The Morgan fingerprint density at radius 1 is 0.857 bits per heavy atom. The lowest BCUT2D eigenvalue weighted by Crippen LogP contribution is -2.56. The van der Waals surface area contributed by atoms with E-state index in [1.807, 2.05) is 82.3 Å². The van der Waals surface area contributed by atoms with Crippen molar-refractivity contribution in [2.45, 2.75) is 50.2 Å². The zero-order valence-corrected chi connectivity index (χ0v) is 23.8. The number of para-hydroxylation sites is 3. The van der Waals surface area contributed by atoms with Gasteiger partial charge in [-0.3, -0.25) is 14.2 Å². The van der Waals surface area contributed by atoms with Crippen LogP contribution in [0.1, 0.15) is 43.7 Å². The summed E-state index contributed by atoms with van der Waals surface area (Å²) in [5, 5.41) is 0. The van der Waals surface area contributed by atoms with E-state index < -0.39 is 11.6 Å². The van der Waals surface area contributed by atoms with Crippen molar-refractivity contribution in [1.82, 2.24) is 19.4 Å². The number of amides is 1. The summed E-state index contributed by atoms with van der Waals surface area (Å²) in [5.74, 6) is 0.292. The molecule has 8 nitrogen and oxygen atoms in total. The van der Waals surface area contributed by atoms with Crippen LogP contribution in [-0.4, -0.2) is 62.9 Å². The lowest BCUT2D eigenvalue weighted by atomic mass is 9.84. The van der Waals surface area contributed by atoms with Gasteiger partial charge in [0.1, 0.15) is 11.6 Å². The number of carbonyl (C=O) groups excluding carboxylic acids is 2. The van der Waals surface area contributed by atoms with Crippen molar-refractivity contribution in [3.05, 3.63) is 101 Å². The second-order valence-corrected chi connectivity index (χ2v) is 12.0. The second kappa shape index (κ2) is 10.9. The van der Waals surface area contributed by atoms with Gasteiger partial charge in [-0.1, -0.05) is 60.7 Å². The monoisotopic (exact) mass is 563 g/mol. The van der Waals surface area contributed by atoms with Gasteiger partial charge in [-0.15, -0.1) is 0 Å². The van der Waals surface area contributed by atoms with Crippen LogP contribution in [0.25, 0.3) is 11.0 Å². The fourth-order valence-electron chi connectivity index (χ4n) is 7.01. The van der Waals surface area contributed by atoms with E-state index in [0.717, 1.165) is 61.2 Å². The van der Waals surface area contributed by atoms with Crippen LogP contribution in [0.3, 0.4) is 0 Å². The highest BCUT2D eigenvalue weighted by molar-refractivity contribution is 5.99. The van der Waals surface area contributed by atoms with Gasteiger partial charge in [-0.25, -0.2) is 4.79 Å². The summed E-state index contributed by atoms with van der Waals surface area (Å²) in [6.07, 6.45) is 4.07. The zero-order valence-electron chi connectivity index (χ0n) is 23.8. The molecule has 3 aromatic carbocycles. The number of likely N-dealkylation sites (tertiary alicyclic amines) is 1. The van der Waals surface area contributed by atoms with E-state index in [1.165, 1.54) is 0 Å². The van der Waals surface area contributed by atoms with Gasteiger partial charge in [-0.05, 0) is 68.5 Å². The lowest BCUT2D eigenvalue weighted by molar-refractivity contribution is -0.141. The summed E-state index contributed by atoms with van der Waals surface area (Å²) in [6, 6.07) is 27.2. The van der Waals surface area contributed by atoms with Gasteiger partial charge in [0, 0.05) is 31.2 Å². The van der Waals surface area contributed by atoms with Crippen LogP contribution < -0.4 is 10.6 Å². The molecule has 4 aromatic rings. The van der Waals surface area contributed by atoms with E-state index in [4.69, 9.17) is 0 Å². The Morgan fingerprint density at radius 3 is 2.24 bits per heavy atom. The average molecular weight is 564 g/mol. The van der Waals surface area contributed by atoms with Crippen molar-refractivity contribution >= 4 is 28.4 Å². The number of aryl methyl sites for hydroxylation is 1. The number of rotatable bonds is 9. The highest BCUT2D eigenvalue weighted by Crippen LogP contribution is 2.45. The maximum atomic E-state index is 14.5. The molecule has 1 saturated carbocycles. The summed E-state index contributed by atoms with van der Waals surface area (Å²) in [4.78, 5) is 50.2. The van der Waals surface area contributed by atoms with Crippen LogP contribution in [0.15, 0.2) is 89.7 Å². The molecule has 1 aliphatic carbocycles. The zero-order chi connectivity index (χ0) is 28.7. The van der Waals surface area contributed by atoms with Crippen LogP contribution in [0, 0.1) is 5.92 Å². The third kappa shape index (κ3) is 4.73. The minimum Gasteiger partial charge on any atom is -0.339 e. The van der Waals surface area contributed by atoms with E-state index in [9.17, 15) is 14.4 Å². The van der Waals surface area contributed by atoms with Gasteiger partial charge in [0.25, 0.3) is 5.91 Å². The Labute approximate surface area is 245 Å². The summed E-state index contributed by atoms with van der Waals surface area (Å²) in [7, 11) is 0. The predicted octanol–water partition coefficient (Wildman–Crippen LogP) is 4.58. The van der Waals surface area contributed by atoms with Crippen molar-refractivity contribution in [1.29, 1.82) is 0 Å². The standard InChI is InChI=1S/C34H37N5O3/c40-31(26-16-17-26)30(25-10-3-1-4-11-25)38-24-39(27-12-5-2-6-13-27)34(32(38)41)18-22-36(23-19-34)20-9-21-37-29-15-8-7-14-28(29)35-33(37)42/h1-8,10-15,26,30H,9,16-24H2,(H,35,42)/t30-/m1/s1. The molecule has 42 heavy (non-hydrogen) atoms. The number of hydrogen-bond acceptors (Lipinski definition) is 5. The number of fused-ring (bicyclic) bond motifs is 1. The van der Waals surface area contributed by atoms with Crippen molar-refractivity contribution in [2.75, 3.05) is 31.2 Å². The van der Waals surface area contributed by atoms with Gasteiger partial charge in [0.05, 0.1) is 17.7 Å². The summed E-state index contributed by atoms with van der Waals surface area (Å²) >= 11 is 0. The minimum atomic E-state index is -0.678. The molecule has 3 aliphatic rings. The number of aromatic amines is 1. The Morgan fingerprint density at radius 2 is 1.52 bits per heavy atom. The van der Waals surface area contributed by atoms with E-state index in [0.29, 0.717) is 26.1 Å². The number of anilines is 1. The molecule has 7 rings (SSSR count). The van der Waals surface area contributed by atoms with E-state index in [1.54, 1.807) is 0 Å². The summed E-state index contributed by atoms with van der Waals surface area (Å²) in [6.45, 7) is 3.49. The van der Waals surface area contributed by atoms with Crippen molar-refractivity contribution in [3.8, 4) is 0 Å². The number of aromatic nitrogens is 2. The lowest BCUT2D eigenvalue weighted by Gasteiger charge is -2.43. The summed E-state index contributed by atoms with van der Waals surface area (Å²) < 4.78 is 1.82. The highest BCUT2D eigenvalue weighted by atomic mass is 16.2. The minimum absolute atomic E-state index is 0.0521. The van der Waals surface area contributed by atoms with Crippen LogP contribution in [0.4, 0.5) is 5.69 Å². The third-order valence-corrected chi connectivity index (χ3v) is 9.43. The molecule has 1 N–H and O–H groups in total. The molecule has 1 spiro atoms. The molecule has 2 aliphatic heterocycles. The second-order valence-electron chi connectivity index (χ2n) is 12.0. The third-order valence-electron chi connectivity index (χ3n) is 9.43. The Hall–Kier alpha value is -4.17. The van der Waals surface area contributed by atoms with Gasteiger partial charge in [-0.2, -0.15) is 0 Å². The number of hydrogen-bond donors (Lipinski definition) is 1. The van der Waals surface area contributed by atoms with Gasteiger partial charge < -0.3 is 19.7 Å². The van der Waals surface area contributed by atoms with Crippen LogP contribution >= 0.6 is 0 Å². The summed E-state index contributed by atoms with van der Waals surface area (Å²) in [5.41, 5.74) is 2.97.